The topological polar surface area (TPSA) is 77.0 Å². The van der Waals surface area contributed by atoms with Crippen molar-refractivity contribution in [3.63, 3.8) is 0 Å². The van der Waals surface area contributed by atoms with Gasteiger partial charge >= 0.3 is 5.97 Å². The molecule has 0 aromatic heterocycles. The third-order valence-electron chi connectivity index (χ3n) is 4.29. The second kappa shape index (κ2) is 8.60. The van der Waals surface area contributed by atoms with Crippen LogP contribution in [-0.2, 0) is 25.6 Å². The highest BCUT2D eigenvalue weighted by Crippen LogP contribution is 2.17. The van der Waals surface area contributed by atoms with Gasteiger partial charge in [0.2, 0.25) is 6.10 Å². The van der Waals surface area contributed by atoms with E-state index in [1.54, 1.807) is 12.1 Å². The summed E-state index contributed by atoms with van der Waals surface area (Å²) in [7, 11) is 1.29. The lowest BCUT2D eigenvalue weighted by Gasteiger charge is -2.22. The smallest absolute Gasteiger partial charge is 0.328 e. The Labute approximate surface area is 146 Å². The van der Waals surface area contributed by atoms with Crippen LogP contribution in [0.3, 0.4) is 0 Å². The molecule has 1 amide bonds. The van der Waals surface area contributed by atoms with Crippen molar-refractivity contribution in [1.82, 2.24) is 5.32 Å². The van der Waals surface area contributed by atoms with Crippen LogP contribution >= 0.6 is 0 Å². The van der Waals surface area contributed by atoms with E-state index in [1.165, 1.54) is 19.2 Å². The first kappa shape index (κ1) is 18.9. The summed E-state index contributed by atoms with van der Waals surface area (Å²) in [4.78, 5) is 29.4. The third kappa shape index (κ3) is 5.01. The first-order valence-corrected chi connectivity index (χ1v) is 8.28. The van der Waals surface area contributed by atoms with Crippen molar-refractivity contribution in [3.8, 4) is 0 Å². The number of nitrogens with one attached hydrogen (secondary N) is 1. The van der Waals surface area contributed by atoms with E-state index < -0.39 is 24.0 Å². The number of hydrogen-bond donors (Lipinski definition) is 1. The lowest BCUT2D eigenvalue weighted by atomic mass is 9.98. The van der Waals surface area contributed by atoms with Crippen molar-refractivity contribution in [2.45, 2.75) is 45.3 Å². The van der Waals surface area contributed by atoms with Crippen molar-refractivity contribution < 1.29 is 23.6 Å². The number of nitrogens with zero attached hydrogens (tertiary/aromatic N) is 1. The van der Waals surface area contributed by atoms with Gasteiger partial charge in [-0.2, -0.15) is 0 Å². The van der Waals surface area contributed by atoms with Crippen LogP contribution < -0.4 is 5.32 Å². The number of benzene rings is 1. The molecule has 25 heavy (non-hydrogen) atoms. The zero-order valence-electron chi connectivity index (χ0n) is 14.6. The van der Waals surface area contributed by atoms with Gasteiger partial charge in [0, 0.05) is 12.8 Å². The van der Waals surface area contributed by atoms with Crippen LogP contribution in [0.4, 0.5) is 4.39 Å². The molecular formula is C18H23FN2O4. The fourth-order valence-corrected chi connectivity index (χ4v) is 2.60. The van der Waals surface area contributed by atoms with Crippen LogP contribution in [0.5, 0.6) is 0 Å². The average molecular weight is 350 g/mol. The van der Waals surface area contributed by atoms with E-state index in [9.17, 15) is 14.0 Å². The Morgan fingerprint density at radius 1 is 1.48 bits per heavy atom. The van der Waals surface area contributed by atoms with Crippen LogP contribution in [0.25, 0.3) is 0 Å². The minimum absolute atomic E-state index is 0.0644. The van der Waals surface area contributed by atoms with Gasteiger partial charge in [-0.05, 0) is 23.6 Å². The summed E-state index contributed by atoms with van der Waals surface area (Å²) in [5, 5.41) is 6.60. The number of methoxy groups -OCH3 is 1. The Hall–Kier alpha value is -2.44. The first-order chi connectivity index (χ1) is 11.9. The summed E-state index contributed by atoms with van der Waals surface area (Å²) < 4.78 is 18.0. The number of carbonyl (C=O) groups is 2. The molecule has 1 unspecified atom stereocenters. The van der Waals surface area contributed by atoms with E-state index in [-0.39, 0.29) is 11.7 Å². The van der Waals surface area contributed by atoms with Crippen molar-refractivity contribution in [1.29, 1.82) is 0 Å². The van der Waals surface area contributed by atoms with E-state index in [0.717, 1.165) is 5.56 Å². The van der Waals surface area contributed by atoms with Crippen molar-refractivity contribution in [2.75, 3.05) is 7.11 Å². The zero-order chi connectivity index (χ0) is 18.4. The summed E-state index contributed by atoms with van der Waals surface area (Å²) in [6.07, 6.45) is 0.636. The minimum Gasteiger partial charge on any atom is -0.467 e. The van der Waals surface area contributed by atoms with Gasteiger partial charge < -0.3 is 14.9 Å². The van der Waals surface area contributed by atoms with Gasteiger partial charge in [-0.3, -0.25) is 4.79 Å². The molecule has 2 rings (SSSR count). The number of carbonyl (C=O) groups excluding carboxylic acids is 2. The zero-order valence-corrected chi connectivity index (χ0v) is 14.6. The van der Waals surface area contributed by atoms with Crippen molar-refractivity contribution in [3.05, 3.63) is 35.6 Å². The standard InChI is InChI=1S/C18H23FN2O4/c1-4-11(2)16(18(23)24-3)20-17(22)15-10-14(21-25-15)9-12-6-5-7-13(19)8-12/h5-8,11,15-16H,4,9-10H2,1-3H3,(H,20,22)/t11-,15?,16-/m0/s1. The number of ether oxygens (including phenoxy) is 1. The lowest BCUT2D eigenvalue weighted by molar-refractivity contribution is -0.148. The number of hydrogen-bond acceptors (Lipinski definition) is 5. The maximum absolute atomic E-state index is 13.2. The van der Waals surface area contributed by atoms with E-state index in [0.29, 0.717) is 25.0 Å². The Balaban J connectivity index is 1.93. The Kier molecular flexibility index (Phi) is 6.50. The van der Waals surface area contributed by atoms with E-state index in [1.807, 2.05) is 13.8 Å². The predicted octanol–water partition coefficient (Wildman–Crippen LogP) is 2.22. The van der Waals surface area contributed by atoms with Gasteiger partial charge in [-0.25, -0.2) is 9.18 Å². The van der Waals surface area contributed by atoms with Crippen LogP contribution in [0, 0.1) is 11.7 Å². The highest BCUT2D eigenvalue weighted by atomic mass is 19.1. The first-order valence-electron chi connectivity index (χ1n) is 8.28. The summed E-state index contributed by atoms with van der Waals surface area (Å²) in [6, 6.07) is 5.48. The molecular weight excluding hydrogens is 327 g/mol. The summed E-state index contributed by atoms with van der Waals surface area (Å²) in [5.41, 5.74) is 1.42. The maximum atomic E-state index is 13.2. The van der Waals surface area contributed by atoms with Crippen LogP contribution in [0.2, 0.25) is 0 Å². The fourth-order valence-electron chi connectivity index (χ4n) is 2.60. The number of halogens is 1. The second-order valence-electron chi connectivity index (χ2n) is 6.16. The Morgan fingerprint density at radius 2 is 2.24 bits per heavy atom. The molecule has 0 spiro atoms. The molecule has 0 bridgehead atoms. The summed E-state index contributed by atoms with van der Waals surface area (Å²) in [5.74, 6) is -1.28. The summed E-state index contributed by atoms with van der Waals surface area (Å²) in [6.45, 7) is 3.79. The number of amides is 1. The van der Waals surface area contributed by atoms with Gasteiger partial charge in [0.25, 0.3) is 5.91 Å². The van der Waals surface area contributed by atoms with Crippen LogP contribution in [0.15, 0.2) is 29.4 Å². The van der Waals surface area contributed by atoms with Crippen LogP contribution in [-0.4, -0.2) is 36.8 Å². The van der Waals surface area contributed by atoms with Crippen molar-refractivity contribution in [2.24, 2.45) is 11.1 Å². The van der Waals surface area contributed by atoms with E-state index in [2.05, 4.69) is 10.5 Å². The SMILES string of the molecule is CC[C@H](C)[C@H](NC(=O)C1CC(Cc2cccc(F)c2)=NO1)C(=O)OC. The molecule has 1 N–H and O–H groups in total. The molecule has 1 aliphatic rings. The van der Waals surface area contributed by atoms with E-state index in [4.69, 9.17) is 9.57 Å². The molecule has 1 aliphatic heterocycles. The number of oxime groups is 1. The predicted molar refractivity (Wildman–Crippen MR) is 90.4 cm³/mol. The molecule has 136 valence electrons. The molecule has 6 nitrogen and oxygen atoms in total. The maximum Gasteiger partial charge on any atom is 0.328 e. The van der Waals surface area contributed by atoms with Gasteiger partial charge in [0.05, 0.1) is 12.8 Å². The Bertz CT molecular complexity index is 662. The fraction of sp³-hybridized carbons (Fsp3) is 0.500. The third-order valence-corrected chi connectivity index (χ3v) is 4.29. The van der Waals surface area contributed by atoms with Gasteiger partial charge in [0.15, 0.2) is 0 Å². The molecule has 1 aromatic rings. The largest absolute Gasteiger partial charge is 0.467 e. The quantitative estimate of drug-likeness (QED) is 0.765. The van der Waals surface area contributed by atoms with E-state index >= 15 is 0 Å². The monoisotopic (exact) mass is 350 g/mol. The molecule has 1 aromatic carbocycles. The molecule has 0 aliphatic carbocycles. The summed E-state index contributed by atoms with van der Waals surface area (Å²) >= 11 is 0. The van der Waals surface area contributed by atoms with Gasteiger partial charge in [-0.1, -0.05) is 37.6 Å². The van der Waals surface area contributed by atoms with Gasteiger partial charge in [-0.15, -0.1) is 0 Å². The number of rotatable bonds is 7. The normalized spacial score (nSPS) is 18.7. The highest BCUT2D eigenvalue weighted by Gasteiger charge is 2.33. The highest BCUT2D eigenvalue weighted by molar-refractivity contribution is 5.95. The minimum atomic E-state index is -0.792. The molecule has 3 atom stereocenters. The van der Waals surface area contributed by atoms with Gasteiger partial charge in [0.1, 0.15) is 11.9 Å². The van der Waals surface area contributed by atoms with Crippen LogP contribution in [0.1, 0.15) is 32.3 Å². The molecule has 7 heteroatoms. The number of esters is 1. The molecule has 0 saturated carbocycles. The molecule has 0 radical (unpaired) electrons. The van der Waals surface area contributed by atoms with Crippen molar-refractivity contribution >= 4 is 17.6 Å². The Morgan fingerprint density at radius 3 is 2.88 bits per heavy atom. The average Bonchev–Trinajstić information content (AvgIpc) is 3.06. The molecule has 1 heterocycles. The second-order valence-corrected chi connectivity index (χ2v) is 6.16. The molecule has 0 fully saturated rings. The lowest BCUT2D eigenvalue weighted by Crippen LogP contribution is -2.49. The molecule has 0 saturated heterocycles.